The van der Waals surface area contributed by atoms with Crippen LogP contribution in [0.1, 0.15) is 48.4 Å². The molecule has 0 bridgehead atoms. The third-order valence-electron chi connectivity index (χ3n) is 6.78. The highest BCUT2D eigenvalue weighted by molar-refractivity contribution is 5.81. The number of nitrogens with one attached hydrogen (secondary N) is 1. The van der Waals surface area contributed by atoms with Crippen LogP contribution in [0.5, 0.6) is 0 Å². The quantitative estimate of drug-likeness (QED) is 0.751. The van der Waals surface area contributed by atoms with E-state index in [1.807, 2.05) is 23.1 Å². The van der Waals surface area contributed by atoms with Gasteiger partial charge in [-0.1, -0.05) is 24.3 Å². The van der Waals surface area contributed by atoms with E-state index in [0.717, 1.165) is 49.0 Å². The summed E-state index contributed by atoms with van der Waals surface area (Å²) < 4.78 is 13.4. The third kappa shape index (κ3) is 3.36. The lowest BCUT2D eigenvalue weighted by Crippen LogP contribution is -2.45. The lowest BCUT2D eigenvalue weighted by Gasteiger charge is -2.41. The molecular weight excluding hydrogens is 379 g/mol. The van der Waals surface area contributed by atoms with Crippen molar-refractivity contribution >= 4 is 11.6 Å². The smallest absolute Gasteiger partial charge is 0.226 e. The molecule has 2 fully saturated rings. The third-order valence-corrected chi connectivity index (χ3v) is 6.78. The first-order chi connectivity index (χ1) is 14.6. The van der Waals surface area contributed by atoms with Gasteiger partial charge in [0.05, 0.1) is 18.7 Å². The first-order valence-electron chi connectivity index (χ1n) is 10.7. The van der Waals surface area contributed by atoms with Gasteiger partial charge in [0.15, 0.2) is 0 Å². The van der Waals surface area contributed by atoms with Crippen molar-refractivity contribution in [3.63, 3.8) is 0 Å². The van der Waals surface area contributed by atoms with E-state index in [4.69, 9.17) is 0 Å². The van der Waals surface area contributed by atoms with Crippen LogP contribution in [0.2, 0.25) is 0 Å². The Hall–Kier alpha value is -2.84. The molecule has 0 unspecified atom stereocenters. The second-order valence-electron chi connectivity index (χ2n) is 8.55. The standard InChI is InChI=1S/C25H25FN2O2/c26-19-6-1-3-16(13-19)7-8-17-9-10-22-21(14-17)24-20(23(15-29)27-22)11-12-28(24)25(30)18-4-2-5-18/h1,3,6,9-10,13-14,18,20,23-24,27,29H,2,4-5,11-12,15H2/t20-,23+,24-/m1/s1. The van der Waals surface area contributed by atoms with Crippen LogP contribution in [0.4, 0.5) is 10.1 Å². The number of fused-ring (bicyclic) bond motifs is 3. The molecule has 0 radical (unpaired) electrons. The Kier molecular flexibility index (Phi) is 4.96. The van der Waals surface area contributed by atoms with Crippen molar-refractivity contribution in [2.45, 2.75) is 37.8 Å². The molecule has 3 aliphatic rings. The fourth-order valence-corrected chi connectivity index (χ4v) is 4.99. The van der Waals surface area contributed by atoms with Crippen LogP contribution in [0.25, 0.3) is 0 Å². The monoisotopic (exact) mass is 404 g/mol. The van der Waals surface area contributed by atoms with E-state index in [0.29, 0.717) is 5.56 Å². The van der Waals surface area contributed by atoms with Crippen LogP contribution >= 0.6 is 0 Å². The molecule has 0 aromatic heterocycles. The van der Waals surface area contributed by atoms with Gasteiger partial charge < -0.3 is 15.3 Å². The number of halogens is 1. The molecular formula is C25H25FN2O2. The van der Waals surface area contributed by atoms with E-state index < -0.39 is 0 Å². The number of carbonyl (C=O) groups excluding carboxylic acids is 1. The Morgan fingerprint density at radius 2 is 1.93 bits per heavy atom. The van der Waals surface area contributed by atoms with E-state index in [9.17, 15) is 14.3 Å². The maximum absolute atomic E-state index is 13.4. The summed E-state index contributed by atoms with van der Waals surface area (Å²) in [5.41, 5.74) is 3.50. The van der Waals surface area contributed by atoms with Crippen LogP contribution < -0.4 is 5.32 Å². The maximum Gasteiger partial charge on any atom is 0.226 e. The Bertz CT molecular complexity index is 1040. The van der Waals surface area contributed by atoms with Gasteiger partial charge in [-0.15, -0.1) is 0 Å². The average molecular weight is 404 g/mol. The summed E-state index contributed by atoms with van der Waals surface area (Å²) in [5.74, 6) is 6.47. The zero-order chi connectivity index (χ0) is 20.7. The number of benzene rings is 2. The predicted octanol–water partition coefficient (Wildman–Crippen LogP) is 3.70. The van der Waals surface area contributed by atoms with Crippen molar-refractivity contribution < 1.29 is 14.3 Å². The summed E-state index contributed by atoms with van der Waals surface area (Å²) in [4.78, 5) is 15.1. The zero-order valence-electron chi connectivity index (χ0n) is 16.8. The number of hydrogen-bond acceptors (Lipinski definition) is 3. The lowest BCUT2D eigenvalue weighted by atomic mass is 9.81. The number of likely N-dealkylation sites (tertiary alicyclic amines) is 1. The Balaban J connectivity index is 1.49. The van der Waals surface area contributed by atoms with Gasteiger partial charge in [-0.2, -0.15) is 0 Å². The lowest BCUT2D eigenvalue weighted by molar-refractivity contribution is -0.139. The summed E-state index contributed by atoms with van der Waals surface area (Å²) in [6, 6.07) is 12.1. The molecule has 2 aromatic carbocycles. The molecule has 1 saturated carbocycles. The summed E-state index contributed by atoms with van der Waals surface area (Å²) in [5, 5.41) is 13.4. The fourth-order valence-electron chi connectivity index (χ4n) is 4.99. The second kappa shape index (κ2) is 7.77. The van der Waals surface area contributed by atoms with Crippen molar-refractivity contribution in [2.75, 3.05) is 18.5 Å². The van der Waals surface area contributed by atoms with Crippen molar-refractivity contribution in [1.29, 1.82) is 0 Å². The molecule has 2 heterocycles. The average Bonchev–Trinajstić information content (AvgIpc) is 3.16. The SMILES string of the molecule is O=C(C1CCC1)N1CC[C@@H]2[C@H](CO)Nc3ccc(C#Cc4cccc(F)c4)cc3[C@@H]21. The van der Waals surface area contributed by atoms with Gasteiger partial charge >= 0.3 is 0 Å². The summed E-state index contributed by atoms with van der Waals surface area (Å²) >= 11 is 0. The van der Waals surface area contributed by atoms with Crippen LogP contribution in [-0.4, -0.2) is 35.1 Å². The van der Waals surface area contributed by atoms with E-state index in [1.165, 1.54) is 12.1 Å². The summed E-state index contributed by atoms with van der Waals surface area (Å²) in [6.45, 7) is 0.786. The molecule has 2 aliphatic heterocycles. The minimum Gasteiger partial charge on any atom is -0.394 e. The first-order valence-corrected chi connectivity index (χ1v) is 10.7. The highest BCUT2D eigenvalue weighted by Gasteiger charge is 2.47. The van der Waals surface area contributed by atoms with E-state index in [-0.39, 0.29) is 42.3 Å². The minimum absolute atomic E-state index is 0.0255. The van der Waals surface area contributed by atoms with Crippen molar-refractivity contribution in [3.05, 3.63) is 65.0 Å². The number of rotatable bonds is 2. The van der Waals surface area contributed by atoms with Gasteiger partial charge in [0, 0.05) is 35.2 Å². The van der Waals surface area contributed by atoms with Crippen molar-refractivity contribution in [1.82, 2.24) is 4.90 Å². The molecule has 30 heavy (non-hydrogen) atoms. The maximum atomic E-state index is 13.4. The zero-order valence-corrected chi connectivity index (χ0v) is 16.8. The number of aliphatic hydroxyl groups is 1. The normalized spacial score (nSPS) is 24.7. The fraction of sp³-hybridized carbons (Fsp3) is 0.400. The highest BCUT2D eigenvalue weighted by Crippen LogP contribution is 2.48. The van der Waals surface area contributed by atoms with E-state index >= 15 is 0 Å². The van der Waals surface area contributed by atoms with Gasteiger partial charge in [0.2, 0.25) is 5.91 Å². The van der Waals surface area contributed by atoms with Crippen molar-refractivity contribution in [2.24, 2.45) is 11.8 Å². The highest BCUT2D eigenvalue weighted by atomic mass is 19.1. The van der Waals surface area contributed by atoms with Gasteiger partial charge in [-0.25, -0.2) is 4.39 Å². The van der Waals surface area contributed by atoms with E-state index in [1.54, 1.807) is 12.1 Å². The molecule has 1 aliphatic carbocycles. The number of nitrogens with zero attached hydrogens (tertiary/aromatic N) is 1. The summed E-state index contributed by atoms with van der Waals surface area (Å²) in [6.07, 6.45) is 4.00. The molecule has 3 atom stereocenters. The molecule has 1 saturated heterocycles. The molecule has 2 aromatic rings. The molecule has 1 amide bonds. The molecule has 2 N–H and O–H groups in total. The largest absolute Gasteiger partial charge is 0.394 e. The Morgan fingerprint density at radius 3 is 2.63 bits per heavy atom. The number of amides is 1. The molecule has 154 valence electrons. The number of carbonyl (C=O) groups is 1. The number of hydrogen-bond donors (Lipinski definition) is 2. The molecule has 4 nitrogen and oxygen atoms in total. The second-order valence-corrected chi connectivity index (χ2v) is 8.55. The minimum atomic E-state index is -0.301. The van der Waals surface area contributed by atoms with E-state index in [2.05, 4.69) is 17.2 Å². The van der Waals surface area contributed by atoms with Crippen LogP contribution in [-0.2, 0) is 4.79 Å². The Labute approximate surface area is 176 Å². The Morgan fingerprint density at radius 1 is 1.13 bits per heavy atom. The molecule has 5 heteroatoms. The number of aliphatic hydroxyl groups excluding tert-OH is 1. The molecule has 0 spiro atoms. The van der Waals surface area contributed by atoms with Crippen LogP contribution in [0.15, 0.2) is 42.5 Å². The topological polar surface area (TPSA) is 52.6 Å². The molecule has 5 rings (SSSR count). The predicted molar refractivity (Wildman–Crippen MR) is 113 cm³/mol. The summed E-state index contributed by atoms with van der Waals surface area (Å²) in [7, 11) is 0. The first kappa shape index (κ1) is 19.1. The van der Waals surface area contributed by atoms with Gasteiger partial charge in [-0.05, 0) is 61.2 Å². The number of anilines is 1. The van der Waals surface area contributed by atoms with Gasteiger partial charge in [0.1, 0.15) is 5.82 Å². The van der Waals surface area contributed by atoms with Gasteiger partial charge in [0.25, 0.3) is 0 Å². The van der Waals surface area contributed by atoms with Crippen molar-refractivity contribution in [3.8, 4) is 11.8 Å². The van der Waals surface area contributed by atoms with Crippen LogP contribution in [0, 0.1) is 29.5 Å². The van der Waals surface area contributed by atoms with Gasteiger partial charge in [-0.3, -0.25) is 4.79 Å². The van der Waals surface area contributed by atoms with Crippen LogP contribution in [0.3, 0.4) is 0 Å².